The van der Waals surface area contributed by atoms with Crippen LogP contribution >= 0.6 is 0 Å². The number of hydrogen-bond acceptors (Lipinski definition) is 2. The van der Waals surface area contributed by atoms with Gasteiger partial charge in [-0.1, -0.05) is 12.1 Å². The molecule has 1 saturated heterocycles. The van der Waals surface area contributed by atoms with E-state index in [0.29, 0.717) is 12.5 Å². The molecular weight excluding hydrogens is 205 g/mol. The Hall–Kier alpha value is -1.09. The Morgan fingerprint density at radius 3 is 2.69 bits per heavy atom. The normalized spacial score (nSPS) is 24.6. The summed E-state index contributed by atoms with van der Waals surface area (Å²) in [5, 5.41) is 3.24. The second kappa shape index (κ2) is 5.30. The minimum absolute atomic E-state index is 0.123. The molecule has 0 saturated carbocycles. The zero-order valence-corrected chi connectivity index (χ0v) is 9.58. The molecule has 1 fully saturated rings. The van der Waals surface area contributed by atoms with Gasteiger partial charge in [0.1, 0.15) is 5.75 Å². The van der Waals surface area contributed by atoms with Crippen LogP contribution in [0.5, 0.6) is 5.75 Å². The Labute approximate surface area is 95.8 Å². The lowest BCUT2D eigenvalue weighted by molar-refractivity contribution is 0.339. The zero-order chi connectivity index (χ0) is 11.4. The van der Waals surface area contributed by atoms with Crippen LogP contribution in [0, 0.1) is 5.92 Å². The third-order valence-corrected chi connectivity index (χ3v) is 3.16. The molecule has 1 aromatic carbocycles. The molecule has 0 bridgehead atoms. The van der Waals surface area contributed by atoms with E-state index >= 15 is 0 Å². The molecule has 1 aliphatic rings. The molecule has 0 aromatic heterocycles. The van der Waals surface area contributed by atoms with Crippen molar-refractivity contribution < 1.29 is 9.13 Å². The van der Waals surface area contributed by atoms with Crippen LogP contribution in [0.2, 0.25) is 0 Å². The fraction of sp³-hybridized carbons (Fsp3) is 0.538. The highest BCUT2D eigenvalue weighted by atomic mass is 19.1. The quantitative estimate of drug-likeness (QED) is 0.846. The van der Waals surface area contributed by atoms with E-state index in [4.69, 9.17) is 4.74 Å². The van der Waals surface area contributed by atoms with Crippen LogP contribution in [0.1, 0.15) is 18.4 Å². The Bertz CT molecular complexity index is 325. The third-order valence-electron chi connectivity index (χ3n) is 3.16. The molecule has 0 aliphatic carbocycles. The van der Waals surface area contributed by atoms with Crippen molar-refractivity contribution in [3.05, 3.63) is 29.8 Å². The summed E-state index contributed by atoms with van der Waals surface area (Å²) in [5.41, 5.74) is 1.20. The third kappa shape index (κ3) is 2.35. The minimum atomic E-state index is -0.245. The molecule has 1 aliphatic heterocycles. The first-order valence-corrected chi connectivity index (χ1v) is 5.84. The van der Waals surface area contributed by atoms with Gasteiger partial charge in [0.2, 0.25) is 0 Å². The van der Waals surface area contributed by atoms with Gasteiger partial charge in [0, 0.05) is 24.9 Å². The highest BCUT2D eigenvalue weighted by Gasteiger charge is 2.28. The van der Waals surface area contributed by atoms with Crippen molar-refractivity contribution in [2.45, 2.75) is 12.8 Å². The van der Waals surface area contributed by atoms with E-state index in [1.54, 1.807) is 0 Å². The van der Waals surface area contributed by atoms with Gasteiger partial charge < -0.3 is 10.1 Å². The first-order chi connectivity index (χ1) is 7.85. The van der Waals surface area contributed by atoms with Crippen LogP contribution in [-0.2, 0) is 0 Å². The SMILES string of the molecule is CCOc1ccc([C@@H]2CNC[C@@H]2CF)cc1. The van der Waals surface area contributed by atoms with Crippen molar-refractivity contribution in [3.63, 3.8) is 0 Å². The molecule has 2 atom stereocenters. The Kier molecular flexibility index (Phi) is 3.78. The first kappa shape index (κ1) is 11.4. The van der Waals surface area contributed by atoms with Gasteiger partial charge in [-0.15, -0.1) is 0 Å². The van der Waals surface area contributed by atoms with E-state index in [-0.39, 0.29) is 12.6 Å². The first-order valence-electron chi connectivity index (χ1n) is 5.84. The van der Waals surface area contributed by atoms with Gasteiger partial charge in [-0.25, -0.2) is 0 Å². The second-order valence-electron chi connectivity index (χ2n) is 4.18. The molecule has 16 heavy (non-hydrogen) atoms. The average molecular weight is 223 g/mol. The highest BCUT2D eigenvalue weighted by Crippen LogP contribution is 2.29. The summed E-state index contributed by atoms with van der Waals surface area (Å²) < 4.78 is 18.2. The van der Waals surface area contributed by atoms with Crippen molar-refractivity contribution in [1.29, 1.82) is 0 Å². The molecular formula is C13H18FNO. The van der Waals surface area contributed by atoms with Crippen molar-refractivity contribution >= 4 is 0 Å². The fourth-order valence-electron chi connectivity index (χ4n) is 2.26. The number of alkyl halides is 1. The van der Waals surface area contributed by atoms with Gasteiger partial charge >= 0.3 is 0 Å². The maximum absolute atomic E-state index is 12.8. The minimum Gasteiger partial charge on any atom is -0.494 e. The van der Waals surface area contributed by atoms with E-state index in [1.165, 1.54) is 5.56 Å². The van der Waals surface area contributed by atoms with E-state index in [2.05, 4.69) is 5.32 Å². The topological polar surface area (TPSA) is 21.3 Å². The summed E-state index contributed by atoms with van der Waals surface area (Å²) in [6.07, 6.45) is 0. The molecule has 0 unspecified atom stereocenters. The lowest BCUT2D eigenvalue weighted by Crippen LogP contribution is -2.12. The Morgan fingerprint density at radius 1 is 1.31 bits per heavy atom. The van der Waals surface area contributed by atoms with E-state index in [0.717, 1.165) is 18.8 Å². The van der Waals surface area contributed by atoms with Gasteiger partial charge in [0.25, 0.3) is 0 Å². The van der Waals surface area contributed by atoms with Crippen molar-refractivity contribution in [1.82, 2.24) is 5.32 Å². The van der Waals surface area contributed by atoms with Crippen molar-refractivity contribution in [3.8, 4) is 5.75 Å². The van der Waals surface area contributed by atoms with Crippen LogP contribution in [0.25, 0.3) is 0 Å². The molecule has 88 valence electrons. The predicted octanol–water partition coefficient (Wildman–Crippen LogP) is 2.36. The largest absolute Gasteiger partial charge is 0.494 e. The van der Waals surface area contributed by atoms with E-state index < -0.39 is 0 Å². The number of benzene rings is 1. The van der Waals surface area contributed by atoms with Crippen LogP contribution < -0.4 is 10.1 Å². The van der Waals surface area contributed by atoms with Gasteiger partial charge in [0.05, 0.1) is 13.3 Å². The van der Waals surface area contributed by atoms with Gasteiger partial charge in [-0.05, 0) is 24.6 Å². The molecule has 1 heterocycles. The molecule has 2 nitrogen and oxygen atoms in total. The predicted molar refractivity (Wildman–Crippen MR) is 62.7 cm³/mol. The molecule has 2 rings (SSSR count). The van der Waals surface area contributed by atoms with Gasteiger partial charge in [-0.3, -0.25) is 4.39 Å². The van der Waals surface area contributed by atoms with E-state index in [9.17, 15) is 4.39 Å². The maximum Gasteiger partial charge on any atom is 0.119 e. The fourth-order valence-corrected chi connectivity index (χ4v) is 2.26. The van der Waals surface area contributed by atoms with Gasteiger partial charge in [-0.2, -0.15) is 0 Å². The average Bonchev–Trinajstić information content (AvgIpc) is 2.78. The molecule has 0 spiro atoms. The Morgan fingerprint density at radius 2 is 2.06 bits per heavy atom. The summed E-state index contributed by atoms with van der Waals surface area (Å²) in [6.45, 7) is 4.06. The van der Waals surface area contributed by atoms with Crippen molar-refractivity contribution in [2.75, 3.05) is 26.4 Å². The number of hydrogen-bond donors (Lipinski definition) is 1. The summed E-state index contributed by atoms with van der Waals surface area (Å²) in [6, 6.07) is 8.02. The maximum atomic E-state index is 12.8. The van der Waals surface area contributed by atoms with Crippen LogP contribution in [-0.4, -0.2) is 26.4 Å². The molecule has 0 radical (unpaired) electrons. The lowest BCUT2D eigenvalue weighted by atomic mass is 9.90. The number of halogens is 1. The second-order valence-corrected chi connectivity index (χ2v) is 4.18. The van der Waals surface area contributed by atoms with Crippen molar-refractivity contribution in [2.24, 2.45) is 5.92 Å². The summed E-state index contributed by atoms with van der Waals surface area (Å²) in [4.78, 5) is 0. The smallest absolute Gasteiger partial charge is 0.119 e. The molecule has 1 N–H and O–H groups in total. The summed E-state index contributed by atoms with van der Waals surface area (Å²) in [5.74, 6) is 1.31. The molecule has 3 heteroatoms. The monoisotopic (exact) mass is 223 g/mol. The summed E-state index contributed by atoms with van der Waals surface area (Å²) in [7, 11) is 0. The van der Waals surface area contributed by atoms with Crippen LogP contribution in [0.3, 0.4) is 0 Å². The Balaban J connectivity index is 2.08. The van der Waals surface area contributed by atoms with Gasteiger partial charge in [0.15, 0.2) is 0 Å². The standard InChI is InChI=1S/C13H18FNO/c1-2-16-12-5-3-10(4-6-12)13-9-15-8-11(13)7-14/h3-6,11,13,15H,2,7-9H2,1H3/t11-,13-/m0/s1. The number of ether oxygens (including phenoxy) is 1. The lowest BCUT2D eigenvalue weighted by Gasteiger charge is -2.16. The zero-order valence-electron chi connectivity index (χ0n) is 9.58. The number of rotatable bonds is 4. The van der Waals surface area contributed by atoms with E-state index in [1.807, 2.05) is 31.2 Å². The highest BCUT2D eigenvalue weighted by molar-refractivity contribution is 5.30. The molecule has 0 amide bonds. The van der Waals surface area contributed by atoms with Crippen LogP contribution in [0.15, 0.2) is 24.3 Å². The van der Waals surface area contributed by atoms with Crippen LogP contribution in [0.4, 0.5) is 4.39 Å². The summed E-state index contributed by atoms with van der Waals surface area (Å²) >= 11 is 0. The molecule has 1 aromatic rings. The number of nitrogens with one attached hydrogen (secondary N) is 1.